The van der Waals surface area contributed by atoms with Gasteiger partial charge < -0.3 is 23.7 Å². The highest BCUT2D eigenvalue weighted by molar-refractivity contribution is 9.09. The van der Waals surface area contributed by atoms with E-state index < -0.39 is 0 Å². The molecule has 0 amide bonds. The lowest BCUT2D eigenvalue weighted by atomic mass is 10.0. The lowest BCUT2D eigenvalue weighted by Crippen LogP contribution is -2.01. The van der Waals surface area contributed by atoms with Crippen LogP contribution in [0.2, 0.25) is 0 Å². The minimum atomic E-state index is 0.234. The SMILES string of the molecule is COc1cc2c(OCCCBr)nc3c4cc5c(cc4ccc3c2cc1OC)OCO5. The fourth-order valence-electron chi connectivity index (χ4n) is 3.81. The Morgan fingerprint density at radius 1 is 0.900 bits per heavy atom. The maximum absolute atomic E-state index is 6.09. The van der Waals surface area contributed by atoms with Crippen LogP contribution in [0.3, 0.4) is 0 Å². The highest BCUT2D eigenvalue weighted by Gasteiger charge is 2.19. The molecule has 6 nitrogen and oxygen atoms in total. The van der Waals surface area contributed by atoms with E-state index in [0.717, 1.165) is 55.7 Å². The van der Waals surface area contributed by atoms with Gasteiger partial charge in [0.25, 0.3) is 0 Å². The second kappa shape index (κ2) is 7.72. The molecule has 0 bridgehead atoms. The van der Waals surface area contributed by atoms with E-state index in [1.807, 2.05) is 24.3 Å². The standard InChI is InChI=1S/C23H20BrNO5/c1-26-18-10-16-14-5-4-13-8-20-21(30-12-29-20)9-15(13)22(14)25-23(28-7-3-6-24)17(16)11-19(18)27-2/h4-5,8-11H,3,6-7,12H2,1-2H3. The van der Waals surface area contributed by atoms with Crippen molar-refractivity contribution in [3.05, 3.63) is 36.4 Å². The van der Waals surface area contributed by atoms with Crippen molar-refractivity contribution in [3.63, 3.8) is 0 Å². The van der Waals surface area contributed by atoms with Gasteiger partial charge >= 0.3 is 0 Å². The number of nitrogens with zero attached hydrogens (tertiary/aromatic N) is 1. The van der Waals surface area contributed by atoms with Crippen LogP contribution >= 0.6 is 15.9 Å². The number of rotatable bonds is 6. The van der Waals surface area contributed by atoms with Crippen molar-refractivity contribution in [2.24, 2.45) is 0 Å². The molecule has 1 aliphatic rings. The molecular formula is C23H20BrNO5. The van der Waals surface area contributed by atoms with E-state index >= 15 is 0 Å². The molecule has 0 N–H and O–H groups in total. The Kier molecular flexibility index (Phi) is 4.90. The first-order valence-electron chi connectivity index (χ1n) is 9.64. The quantitative estimate of drug-likeness (QED) is 0.212. The molecule has 0 aliphatic carbocycles. The Labute approximate surface area is 181 Å². The number of benzene rings is 3. The van der Waals surface area contributed by atoms with Crippen LogP contribution in [0.15, 0.2) is 36.4 Å². The normalized spacial score (nSPS) is 12.6. The van der Waals surface area contributed by atoms with Crippen molar-refractivity contribution >= 4 is 48.4 Å². The van der Waals surface area contributed by atoms with E-state index in [1.165, 1.54) is 0 Å². The van der Waals surface area contributed by atoms with E-state index in [2.05, 4.69) is 28.1 Å². The van der Waals surface area contributed by atoms with Gasteiger partial charge in [0.2, 0.25) is 12.7 Å². The molecule has 4 aromatic rings. The summed E-state index contributed by atoms with van der Waals surface area (Å²) in [5.74, 6) is 3.36. The van der Waals surface area contributed by atoms with Gasteiger partial charge in [-0.3, -0.25) is 0 Å². The predicted octanol–water partition coefficient (Wildman–Crippen LogP) is 5.45. The largest absolute Gasteiger partial charge is 0.493 e. The van der Waals surface area contributed by atoms with Crippen molar-refractivity contribution in [2.75, 3.05) is 32.9 Å². The average molecular weight is 470 g/mol. The summed E-state index contributed by atoms with van der Waals surface area (Å²) in [6.07, 6.45) is 0.878. The molecule has 7 heteroatoms. The molecule has 0 unspecified atom stereocenters. The first-order chi connectivity index (χ1) is 14.7. The lowest BCUT2D eigenvalue weighted by molar-refractivity contribution is 0.174. The van der Waals surface area contributed by atoms with Gasteiger partial charge in [0.15, 0.2) is 23.0 Å². The minimum Gasteiger partial charge on any atom is -0.493 e. The second-order valence-corrected chi connectivity index (χ2v) is 7.74. The summed E-state index contributed by atoms with van der Waals surface area (Å²) in [6.45, 7) is 0.794. The molecule has 0 saturated carbocycles. The Morgan fingerprint density at radius 2 is 1.63 bits per heavy atom. The number of alkyl halides is 1. The third-order valence-electron chi connectivity index (χ3n) is 5.26. The zero-order valence-corrected chi connectivity index (χ0v) is 18.2. The Bertz CT molecular complexity index is 1270. The van der Waals surface area contributed by atoms with E-state index in [0.29, 0.717) is 24.0 Å². The number of hydrogen-bond acceptors (Lipinski definition) is 6. The van der Waals surface area contributed by atoms with Crippen LogP contribution in [0.4, 0.5) is 0 Å². The molecule has 1 aromatic heterocycles. The fraction of sp³-hybridized carbons (Fsp3) is 0.261. The van der Waals surface area contributed by atoms with Gasteiger partial charge in [-0.05, 0) is 36.1 Å². The van der Waals surface area contributed by atoms with E-state index in [1.54, 1.807) is 14.2 Å². The monoisotopic (exact) mass is 469 g/mol. The molecule has 1 aliphatic heterocycles. The Morgan fingerprint density at radius 3 is 2.37 bits per heavy atom. The first kappa shape index (κ1) is 19.1. The summed E-state index contributed by atoms with van der Waals surface area (Å²) in [5.41, 5.74) is 0.847. The number of halogens is 1. The van der Waals surface area contributed by atoms with Gasteiger partial charge in [0.1, 0.15) is 0 Å². The zero-order valence-electron chi connectivity index (χ0n) is 16.7. The number of methoxy groups -OCH3 is 2. The minimum absolute atomic E-state index is 0.234. The van der Waals surface area contributed by atoms with Gasteiger partial charge in [0.05, 0.1) is 26.3 Å². The molecule has 0 radical (unpaired) electrons. The van der Waals surface area contributed by atoms with Crippen LogP contribution < -0.4 is 23.7 Å². The number of hydrogen-bond donors (Lipinski definition) is 0. The number of pyridine rings is 1. The average Bonchev–Trinajstić information content (AvgIpc) is 3.24. The Balaban J connectivity index is 1.84. The maximum atomic E-state index is 6.09. The summed E-state index contributed by atoms with van der Waals surface area (Å²) in [7, 11) is 3.26. The van der Waals surface area contributed by atoms with Crippen molar-refractivity contribution < 1.29 is 23.7 Å². The number of ether oxygens (including phenoxy) is 5. The smallest absolute Gasteiger partial charge is 0.231 e. The fourth-order valence-corrected chi connectivity index (χ4v) is 4.04. The molecule has 3 aromatic carbocycles. The summed E-state index contributed by atoms with van der Waals surface area (Å²) < 4.78 is 28.3. The predicted molar refractivity (Wildman–Crippen MR) is 120 cm³/mol. The van der Waals surface area contributed by atoms with Crippen LogP contribution in [-0.4, -0.2) is 37.9 Å². The van der Waals surface area contributed by atoms with Crippen LogP contribution in [0.5, 0.6) is 28.9 Å². The molecule has 0 saturated heterocycles. The lowest BCUT2D eigenvalue weighted by Gasteiger charge is -2.15. The van der Waals surface area contributed by atoms with E-state index in [-0.39, 0.29) is 6.79 Å². The first-order valence-corrected chi connectivity index (χ1v) is 10.8. The molecule has 5 rings (SSSR count). The molecular weight excluding hydrogens is 450 g/mol. The number of fused-ring (bicyclic) bond motifs is 6. The van der Waals surface area contributed by atoms with Gasteiger partial charge in [0, 0.05) is 26.9 Å². The maximum Gasteiger partial charge on any atom is 0.231 e. The molecule has 0 atom stereocenters. The van der Waals surface area contributed by atoms with Crippen molar-refractivity contribution in [2.45, 2.75) is 6.42 Å². The second-order valence-electron chi connectivity index (χ2n) is 6.95. The molecule has 0 spiro atoms. The summed E-state index contributed by atoms with van der Waals surface area (Å²) in [6, 6.07) is 12.0. The van der Waals surface area contributed by atoms with Crippen molar-refractivity contribution in [3.8, 4) is 28.9 Å². The third-order valence-corrected chi connectivity index (χ3v) is 5.82. The van der Waals surface area contributed by atoms with Crippen molar-refractivity contribution in [1.29, 1.82) is 0 Å². The summed E-state index contributed by atoms with van der Waals surface area (Å²) in [4.78, 5) is 4.93. The van der Waals surface area contributed by atoms with Gasteiger partial charge in [-0.2, -0.15) is 0 Å². The third kappa shape index (κ3) is 3.04. The van der Waals surface area contributed by atoms with Gasteiger partial charge in [-0.25, -0.2) is 4.98 Å². The molecule has 0 fully saturated rings. The highest BCUT2D eigenvalue weighted by Crippen LogP contribution is 2.43. The van der Waals surface area contributed by atoms with E-state index in [9.17, 15) is 0 Å². The van der Waals surface area contributed by atoms with E-state index in [4.69, 9.17) is 28.7 Å². The van der Waals surface area contributed by atoms with Gasteiger partial charge in [-0.1, -0.05) is 28.1 Å². The molecule has 2 heterocycles. The summed E-state index contributed by atoms with van der Waals surface area (Å²) in [5, 5.41) is 5.76. The zero-order chi connectivity index (χ0) is 20.7. The highest BCUT2D eigenvalue weighted by atomic mass is 79.9. The van der Waals surface area contributed by atoms with Crippen LogP contribution in [0, 0.1) is 0 Å². The van der Waals surface area contributed by atoms with Crippen LogP contribution in [-0.2, 0) is 0 Å². The van der Waals surface area contributed by atoms with Gasteiger partial charge in [-0.15, -0.1) is 0 Å². The summed E-state index contributed by atoms with van der Waals surface area (Å²) >= 11 is 3.45. The number of aromatic nitrogens is 1. The Hall–Kier alpha value is -2.93. The topological polar surface area (TPSA) is 59.0 Å². The molecule has 154 valence electrons. The van der Waals surface area contributed by atoms with Crippen LogP contribution in [0.1, 0.15) is 6.42 Å². The van der Waals surface area contributed by atoms with Crippen molar-refractivity contribution in [1.82, 2.24) is 4.98 Å². The molecule has 30 heavy (non-hydrogen) atoms. The van der Waals surface area contributed by atoms with Crippen LogP contribution in [0.25, 0.3) is 32.4 Å².